The van der Waals surface area contributed by atoms with Gasteiger partial charge in [-0.1, -0.05) is 115 Å². The van der Waals surface area contributed by atoms with Gasteiger partial charge in [-0.05, 0) is 44.9 Å². The number of rotatable bonds is 30. The number of esters is 2. The number of allylic oxidation sites excluding steroid dienone is 6. The van der Waals surface area contributed by atoms with Crippen LogP contribution in [0.2, 0.25) is 0 Å². The van der Waals surface area contributed by atoms with E-state index >= 15 is 0 Å². The number of aliphatic hydroxyl groups is 3. The molecule has 0 saturated carbocycles. The molecule has 0 aromatic rings. The van der Waals surface area contributed by atoms with Crippen molar-refractivity contribution >= 4 is 22.1 Å². The number of carbonyl (C=O) groups excluding carboxylic acids is 2. The second kappa shape index (κ2) is 29.3. The first-order valence-corrected chi connectivity index (χ1v) is 20.7. The highest BCUT2D eigenvalue weighted by molar-refractivity contribution is 7.85. The molecule has 4 N–H and O–H groups in total. The minimum Gasteiger partial charge on any atom is -0.462 e. The zero-order valence-corrected chi connectivity index (χ0v) is 31.8. The van der Waals surface area contributed by atoms with Gasteiger partial charge in [-0.2, -0.15) is 8.42 Å². The summed E-state index contributed by atoms with van der Waals surface area (Å²) in [6.45, 7) is 3.56. The summed E-state index contributed by atoms with van der Waals surface area (Å²) >= 11 is 0. The number of carbonyl (C=O) groups is 2. The van der Waals surface area contributed by atoms with Crippen molar-refractivity contribution in [1.29, 1.82) is 0 Å². The Morgan fingerprint density at radius 3 is 1.84 bits per heavy atom. The average Bonchev–Trinajstić information content (AvgIpc) is 3.09. The van der Waals surface area contributed by atoms with Crippen LogP contribution in [0.5, 0.6) is 0 Å². The fourth-order valence-corrected chi connectivity index (χ4v) is 6.20. The van der Waals surface area contributed by atoms with E-state index in [-0.39, 0.29) is 19.4 Å². The third kappa shape index (κ3) is 24.7. The van der Waals surface area contributed by atoms with E-state index in [0.717, 1.165) is 70.6 Å². The van der Waals surface area contributed by atoms with E-state index < -0.39 is 71.2 Å². The maximum Gasteiger partial charge on any atom is 0.306 e. The molecule has 2 unspecified atom stereocenters. The predicted molar refractivity (Wildman–Crippen MR) is 196 cm³/mol. The average molecular weight is 747 g/mol. The zero-order valence-electron chi connectivity index (χ0n) is 30.9. The zero-order chi connectivity index (χ0) is 37.7. The van der Waals surface area contributed by atoms with Crippen LogP contribution in [0.15, 0.2) is 36.5 Å². The van der Waals surface area contributed by atoms with Crippen LogP contribution in [0.3, 0.4) is 0 Å². The molecule has 1 aliphatic heterocycles. The summed E-state index contributed by atoms with van der Waals surface area (Å²) in [7, 11) is -4.60. The first kappa shape index (κ1) is 46.9. The van der Waals surface area contributed by atoms with Crippen LogP contribution in [-0.2, 0) is 38.7 Å². The molecule has 0 spiro atoms. The minimum atomic E-state index is -4.60. The quantitative estimate of drug-likeness (QED) is 0.0280. The highest BCUT2D eigenvalue weighted by Crippen LogP contribution is 2.24. The molecule has 0 radical (unpaired) electrons. The molecular formula is C38H66O12S. The number of ether oxygens (including phenoxy) is 4. The molecule has 0 amide bonds. The SMILES string of the molecule is CC/C=C/C/C=C/C/C=C/CCCCCCCC(=O)OC[C@H](CO[C@H]1O[C@H](CS(=O)(=O)O)[C@@H](O)C(O)C1O)OC(=O)CCCCCCCCCC. The summed E-state index contributed by atoms with van der Waals surface area (Å²) in [5.74, 6) is -2.01. The lowest BCUT2D eigenvalue weighted by Gasteiger charge is -2.40. The van der Waals surface area contributed by atoms with Gasteiger partial charge in [0.25, 0.3) is 10.1 Å². The largest absolute Gasteiger partial charge is 0.462 e. The molecular weight excluding hydrogens is 680 g/mol. The van der Waals surface area contributed by atoms with Crippen molar-refractivity contribution in [3.8, 4) is 0 Å². The maximum atomic E-state index is 12.6. The van der Waals surface area contributed by atoms with Crippen molar-refractivity contribution in [1.82, 2.24) is 0 Å². The molecule has 1 fully saturated rings. The van der Waals surface area contributed by atoms with Gasteiger partial charge in [-0.15, -0.1) is 0 Å². The molecule has 296 valence electrons. The molecule has 1 rings (SSSR count). The molecule has 6 atom stereocenters. The van der Waals surface area contributed by atoms with E-state index in [4.69, 9.17) is 18.9 Å². The van der Waals surface area contributed by atoms with E-state index in [1.54, 1.807) is 0 Å². The molecule has 1 heterocycles. The monoisotopic (exact) mass is 746 g/mol. The van der Waals surface area contributed by atoms with E-state index in [9.17, 15) is 37.9 Å². The van der Waals surface area contributed by atoms with Gasteiger partial charge >= 0.3 is 11.9 Å². The Bertz CT molecular complexity index is 1110. The van der Waals surface area contributed by atoms with Gasteiger partial charge in [-0.25, -0.2) is 0 Å². The van der Waals surface area contributed by atoms with Crippen LogP contribution in [-0.4, -0.2) is 96.0 Å². The standard InChI is InChI=1S/C38H66O12S/c1-3-5-7-9-11-13-14-15-16-17-18-19-21-22-24-26-33(39)47-28-31(49-34(40)27-25-23-20-12-10-8-6-4-2)29-48-38-37(43)36(42)35(41)32(50-38)30-51(44,45)46/h5,7,11,13,15-16,31-32,35-38,41-43H,3-4,6,8-10,12,14,17-30H2,1-2H3,(H,44,45,46)/b7-5+,13-11+,16-15+/t31-,32-,35-,36?,37?,38+/m1/s1. The van der Waals surface area contributed by atoms with Crippen molar-refractivity contribution in [2.45, 2.75) is 173 Å². The molecule has 1 aliphatic rings. The molecule has 1 saturated heterocycles. The lowest BCUT2D eigenvalue weighted by atomic mass is 10.00. The van der Waals surface area contributed by atoms with Crippen LogP contribution in [0.25, 0.3) is 0 Å². The lowest BCUT2D eigenvalue weighted by molar-refractivity contribution is -0.297. The number of hydrogen-bond acceptors (Lipinski definition) is 11. The van der Waals surface area contributed by atoms with Crippen LogP contribution >= 0.6 is 0 Å². The van der Waals surface area contributed by atoms with Gasteiger partial charge in [0, 0.05) is 12.8 Å². The Kier molecular flexibility index (Phi) is 27.0. The topological polar surface area (TPSA) is 186 Å². The molecule has 12 nitrogen and oxygen atoms in total. The van der Waals surface area contributed by atoms with Crippen molar-refractivity contribution in [2.75, 3.05) is 19.0 Å². The van der Waals surface area contributed by atoms with Crippen molar-refractivity contribution in [2.24, 2.45) is 0 Å². The fourth-order valence-electron chi connectivity index (χ4n) is 5.51. The summed E-state index contributed by atoms with van der Waals surface area (Å²) in [4.78, 5) is 25.1. The van der Waals surface area contributed by atoms with Gasteiger partial charge in [-0.3, -0.25) is 14.1 Å². The highest BCUT2D eigenvalue weighted by atomic mass is 32.2. The molecule has 13 heteroatoms. The number of aliphatic hydroxyl groups excluding tert-OH is 3. The minimum absolute atomic E-state index is 0.160. The smallest absolute Gasteiger partial charge is 0.306 e. The van der Waals surface area contributed by atoms with Crippen molar-refractivity contribution in [3.05, 3.63) is 36.5 Å². The van der Waals surface area contributed by atoms with Gasteiger partial charge in [0.2, 0.25) is 0 Å². The Balaban J connectivity index is 2.51. The van der Waals surface area contributed by atoms with Crippen molar-refractivity contribution in [3.63, 3.8) is 0 Å². The van der Waals surface area contributed by atoms with E-state index in [1.807, 2.05) is 0 Å². The maximum absolute atomic E-state index is 12.6. The van der Waals surface area contributed by atoms with Gasteiger partial charge in [0.1, 0.15) is 36.8 Å². The lowest BCUT2D eigenvalue weighted by Crippen LogP contribution is -2.60. The first-order chi connectivity index (χ1) is 24.5. The highest BCUT2D eigenvalue weighted by Gasteiger charge is 2.46. The van der Waals surface area contributed by atoms with E-state index in [1.165, 1.54) is 25.7 Å². The Hall–Kier alpha value is -2.13. The molecule has 0 aliphatic carbocycles. The first-order valence-electron chi connectivity index (χ1n) is 19.0. The normalized spacial score (nSPS) is 21.9. The number of unbranched alkanes of at least 4 members (excludes halogenated alkanes) is 12. The number of hydrogen-bond donors (Lipinski definition) is 4. The summed E-state index contributed by atoms with van der Waals surface area (Å²) in [5, 5.41) is 30.7. The van der Waals surface area contributed by atoms with Crippen LogP contribution in [0.1, 0.15) is 136 Å². The van der Waals surface area contributed by atoms with Crippen LogP contribution < -0.4 is 0 Å². The predicted octanol–water partition coefficient (Wildman–Crippen LogP) is 6.27. The third-order valence-electron chi connectivity index (χ3n) is 8.48. The molecule has 0 aromatic heterocycles. The van der Waals surface area contributed by atoms with E-state index in [0.29, 0.717) is 12.8 Å². The summed E-state index contributed by atoms with van der Waals surface area (Å²) in [6, 6.07) is 0. The van der Waals surface area contributed by atoms with Gasteiger partial charge in [0.15, 0.2) is 12.4 Å². The second-order valence-corrected chi connectivity index (χ2v) is 14.7. The van der Waals surface area contributed by atoms with E-state index in [2.05, 4.69) is 50.3 Å². The summed E-state index contributed by atoms with van der Waals surface area (Å²) < 4.78 is 53.7. The second-order valence-electron chi connectivity index (χ2n) is 13.2. The van der Waals surface area contributed by atoms with Crippen LogP contribution in [0, 0.1) is 0 Å². The molecule has 0 bridgehead atoms. The summed E-state index contributed by atoms with van der Waals surface area (Å²) in [6.07, 6.45) is 20.8. The fraction of sp³-hybridized carbons (Fsp3) is 0.789. The van der Waals surface area contributed by atoms with Crippen molar-refractivity contribution < 1.29 is 56.8 Å². The van der Waals surface area contributed by atoms with Gasteiger partial charge in [0.05, 0.1) is 6.61 Å². The van der Waals surface area contributed by atoms with Gasteiger partial charge < -0.3 is 34.3 Å². The molecule has 51 heavy (non-hydrogen) atoms. The Morgan fingerprint density at radius 1 is 0.686 bits per heavy atom. The Labute approximate surface area is 306 Å². The molecule has 0 aromatic carbocycles. The third-order valence-corrected chi connectivity index (χ3v) is 9.23. The van der Waals surface area contributed by atoms with Crippen LogP contribution in [0.4, 0.5) is 0 Å². The Morgan fingerprint density at radius 2 is 1.24 bits per heavy atom. The summed E-state index contributed by atoms with van der Waals surface area (Å²) in [5.41, 5.74) is 0.